The van der Waals surface area contributed by atoms with Crippen molar-refractivity contribution in [1.82, 2.24) is 4.57 Å². The van der Waals surface area contributed by atoms with Gasteiger partial charge in [0.15, 0.2) is 5.75 Å². The molecule has 0 bridgehead atoms. The Hall–Kier alpha value is -2.60. The van der Waals surface area contributed by atoms with E-state index in [1.807, 2.05) is 30.3 Å². The average molecular weight is 372 g/mol. The Morgan fingerprint density at radius 2 is 1.96 bits per heavy atom. The molecule has 0 radical (unpaired) electrons. The van der Waals surface area contributed by atoms with Crippen LogP contribution in [0.2, 0.25) is 0 Å². The van der Waals surface area contributed by atoms with Crippen LogP contribution in [0.5, 0.6) is 5.75 Å². The third kappa shape index (κ3) is 6.57. The molecule has 0 saturated heterocycles. The lowest BCUT2D eigenvalue weighted by molar-refractivity contribution is -0.146. The quantitative estimate of drug-likeness (QED) is 0.494. The van der Waals surface area contributed by atoms with Gasteiger partial charge in [-0.2, -0.15) is 0 Å². The molecule has 146 valence electrons. The molecule has 1 unspecified atom stereocenters. The van der Waals surface area contributed by atoms with Gasteiger partial charge in [-0.25, -0.2) is 0 Å². The number of benzene rings is 1. The van der Waals surface area contributed by atoms with Crippen LogP contribution in [0, 0.1) is 0 Å². The van der Waals surface area contributed by atoms with Crippen molar-refractivity contribution in [2.75, 3.05) is 0 Å². The molecular weight excluding hydrogens is 344 g/mol. The van der Waals surface area contributed by atoms with Crippen LogP contribution in [0.1, 0.15) is 43.9 Å². The fraction of sp³-hybridized carbons (Fsp3) is 0.429. The van der Waals surface area contributed by atoms with E-state index in [2.05, 4.69) is 6.92 Å². The predicted molar refractivity (Wildman–Crippen MR) is 104 cm³/mol. The van der Waals surface area contributed by atoms with Gasteiger partial charge in [0, 0.05) is 12.6 Å². The standard InChI is InChI=1S/C21H28N2O4/c1-2-3-4-8-11-23-14-20(25)19(24)13-17(23)15-27-21(26)18(22)12-16-9-6-5-7-10-16/h5-7,9-10,13-14,18,25H,2-4,8,11-12,15,22H2,1H3. The highest BCUT2D eigenvalue weighted by atomic mass is 16.5. The Morgan fingerprint density at radius 1 is 1.22 bits per heavy atom. The van der Waals surface area contributed by atoms with Crippen molar-refractivity contribution >= 4 is 5.97 Å². The van der Waals surface area contributed by atoms with Crippen molar-refractivity contribution in [3.8, 4) is 5.75 Å². The van der Waals surface area contributed by atoms with Gasteiger partial charge in [-0.1, -0.05) is 56.5 Å². The average Bonchev–Trinajstić information content (AvgIpc) is 2.67. The Kier molecular flexibility index (Phi) is 8.07. The number of carbonyl (C=O) groups excluding carboxylic acids is 1. The normalized spacial score (nSPS) is 11.9. The SMILES string of the molecule is CCCCCCn1cc(O)c(=O)cc1COC(=O)C(N)Cc1ccccc1. The number of nitrogens with two attached hydrogens (primary N) is 1. The summed E-state index contributed by atoms with van der Waals surface area (Å²) < 4.78 is 7.09. The molecule has 6 heteroatoms. The molecule has 0 fully saturated rings. The molecule has 1 atom stereocenters. The summed E-state index contributed by atoms with van der Waals surface area (Å²) >= 11 is 0. The minimum absolute atomic E-state index is 0.0510. The first kappa shape index (κ1) is 20.7. The van der Waals surface area contributed by atoms with Crippen molar-refractivity contribution in [2.45, 2.75) is 58.2 Å². The number of aryl methyl sites for hydroxylation is 1. The number of nitrogens with zero attached hydrogens (tertiary/aromatic N) is 1. The van der Waals surface area contributed by atoms with Crippen molar-refractivity contribution in [3.63, 3.8) is 0 Å². The van der Waals surface area contributed by atoms with E-state index >= 15 is 0 Å². The summed E-state index contributed by atoms with van der Waals surface area (Å²) in [6.07, 6.45) is 6.03. The monoisotopic (exact) mass is 372 g/mol. The number of rotatable bonds is 10. The van der Waals surface area contributed by atoms with Crippen molar-refractivity contribution in [3.05, 3.63) is 64.1 Å². The van der Waals surface area contributed by atoms with E-state index in [9.17, 15) is 14.7 Å². The summed E-state index contributed by atoms with van der Waals surface area (Å²) in [4.78, 5) is 24.0. The number of aromatic hydroxyl groups is 1. The minimum Gasteiger partial charge on any atom is -0.503 e. The molecule has 1 aromatic carbocycles. The number of hydrogen-bond acceptors (Lipinski definition) is 5. The van der Waals surface area contributed by atoms with Crippen LogP contribution >= 0.6 is 0 Å². The number of esters is 1. The fourth-order valence-electron chi connectivity index (χ4n) is 2.85. The number of carbonyl (C=O) groups is 1. The highest BCUT2D eigenvalue weighted by molar-refractivity contribution is 5.75. The zero-order valence-corrected chi connectivity index (χ0v) is 15.8. The van der Waals surface area contributed by atoms with E-state index in [4.69, 9.17) is 10.5 Å². The maximum Gasteiger partial charge on any atom is 0.323 e. The summed E-state index contributed by atoms with van der Waals surface area (Å²) in [6, 6.07) is 10.0. The van der Waals surface area contributed by atoms with Gasteiger partial charge in [0.2, 0.25) is 5.43 Å². The number of aromatic nitrogens is 1. The van der Waals surface area contributed by atoms with E-state index in [-0.39, 0.29) is 12.4 Å². The van der Waals surface area contributed by atoms with Crippen molar-refractivity contribution < 1.29 is 14.6 Å². The van der Waals surface area contributed by atoms with Gasteiger partial charge in [0.25, 0.3) is 0 Å². The molecule has 27 heavy (non-hydrogen) atoms. The summed E-state index contributed by atoms with van der Waals surface area (Å²) in [5.41, 5.74) is 6.96. The van der Waals surface area contributed by atoms with Gasteiger partial charge >= 0.3 is 5.97 Å². The molecule has 0 spiro atoms. The molecule has 0 saturated carbocycles. The molecule has 1 aromatic heterocycles. The molecule has 0 amide bonds. The lowest BCUT2D eigenvalue weighted by atomic mass is 10.1. The Labute approximate surface area is 159 Å². The van der Waals surface area contributed by atoms with Crippen LogP contribution in [0.25, 0.3) is 0 Å². The second-order valence-electron chi connectivity index (χ2n) is 6.67. The fourth-order valence-corrected chi connectivity index (χ4v) is 2.85. The van der Waals surface area contributed by atoms with Gasteiger partial charge in [0.1, 0.15) is 12.6 Å². The summed E-state index contributed by atoms with van der Waals surface area (Å²) in [6.45, 7) is 2.73. The van der Waals surface area contributed by atoms with Gasteiger partial charge in [0.05, 0.1) is 11.9 Å². The first-order valence-electron chi connectivity index (χ1n) is 9.39. The van der Waals surface area contributed by atoms with E-state index in [1.54, 1.807) is 4.57 Å². The summed E-state index contributed by atoms with van der Waals surface area (Å²) in [5, 5.41) is 9.70. The number of ether oxygens (including phenoxy) is 1. The largest absolute Gasteiger partial charge is 0.503 e. The molecular formula is C21H28N2O4. The van der Waals surface area contributed by atoms with E-state index in [0.29, 0.717) is 18.7 Å². The Morgan fingerprint density at radius 3 is 2.67 bits per heavy atom. The first-order valence-corrected chi connectivity index (χ1v) is 9.39. The lowest BCUT2D eigenvalue weighted by Crippen LogP contribution is -2.34. The highest BCUT2D eigenvalue weighted by Gasteiger charge is 2.17. The second-order valence-corrected chi connectivity index (χ2v) is 6.67. The molecule has 3 N–H and O–H groups in total. The topological polar surface area (TPSA) is 94.5 Å². The van der Waals surface area contributed by atoms with E-state index in [0.717, 1.165) is 31.2 Å². The van der Waals surface area contributed by atoms with Crippen molar-refractivity contribution in [1.29, 1.82) is 0 Å². The number of unbranched alkanes of at least 4 members (excludes halogenated alkanes) is 3. The maximum absolute atomic E-state index is 12.2. The molecule has 2 rings (SSSR count). The number of hydrogen-bond donors (Lipinski definition) is 2. The lowest BCUT2D eigenvalue weighted by Gasteiger charge is -2.16. The Balaban J connectivity index is 1.97. The maximum atomic E-state index is 12.2. The zero-order chi connectivity index (χ0) is 19.6. The molecule has 2 aromatic rings. The van der Waals surface area contributed by atoms with Crippen LogP contribution in [-0.2, 0) is 29.1 Å². The van der Waals surface area contributed by atoms with Crippen LogP contribution in [0.3, 0.4) is 0 Å². The van der Waals surface area contributed by atoms with Gasteiger partial charge in [-0.15, -0.1) is 0 Å². The Bertz CT molecular complexity index is 787. The second kappa shape index (κ2) is 10.5. The van der Waals surface area contributed by atoms with Gasteiger partial charge in [-0.05, 0) is 18.4 Å². The molecule has 0 aliphatic heterocycles. The molecule has 0 aliphatic rings. The molecule has 0 aliphatic carbocycles. The summed E-state index contributed by atoms with van der Waals surface area (Å²) in [5.74, 6) is -0.821. The highest BCUT2D eigenvalue weighted by Crippen LogP contribution is 2.11. The zero-order valence-electron chi connectivity index (χ0n) is 15.8. The van der Waals surface area contributed by atoms with E-state index in [1.165, 1.54) is 12.3 Å². The van der Waals surface area contributed by atoms with Crippen molar-refractivity contribution in [2.24, 2.45) is 5.73 Å². The van der Waals surface area contributed by atoms with Crippen LogP contribution in [0.15, 0.2) is 47.4 Å². The van der Waals surface area contributed by atoms with E-state index < -0.39 is 17.4 Å². The third-order valence-electron chi connectivity index (χ3n) is 4.41. The number of pyridine rings is 1. The smallest absolute Gasteiger partial charge is 0.323 e. The molecule has 6 nitrogen and oxygen atoms in total. The van der Waals surface area contributed by atoms with Gasteiger partial charge < -0.3 is 20.1 Å². The molecule has 1 heterocycles. The third-order valence-corrected chi connectivity index (χ3v) is 4.41. The minimum atomic E-state index is -0.769. The summed E-state index contributed by atoms with van der Waals surface area (Å²) in [7, 11) is 0. The predicted octanol–water partition coefficient (Wildman–Crippen LogP) is 2.75. The van der Waals surface area contributed by atoms with Gasteiger partial charge in [-0.3, -0.25) is 9.59 Å². The van der Waals surface area contributed by atoms with Crippen LogP contribution < -0.4 is 11.2 Å². The van der Waals surface area contributed by atoms with Crippen LogP contribution in [0.4, 0.5) is 0 Å². The first-order chi connectivity index (χ1) is 13.0. The van der Waals surface area contributed by atoms with Crippen LogP contribution in [-0.4, -0.2) is 21.7 Å².